The van der Waals surface area contributed by atoms with E-state index in [1.165, 1.54) is 17.5 Å². The van der Waals surface area contributed by atoms with Gasteiger partial charge < -0.3 is 5.32 Å². The van der Waals surface area contributed by atoms with Crippen molar-refractivity contribution in [3.05, 3.63) is 34.3 Å². The minimum absolute atomic E-state index is 0. The predicted octanol–water partition coefficient (Wildman–Crippen LogP) is 3.10. The molecule has 3 heteroatoms. The van der Waals surface area contributed by atoms with E-state index in [1.54, 1.807) is 0 Å². The van der Waals surface area contributed by atoms with E-state index in [-0.39, 0.29) is 12.4 Å². The molecule has 72 valence electrons. The smallest absolute Gasteiger partial charge is 0.0408 e. The first-order valence-electron chi connectivity index (χ1n) is 4.27. The first-order valence-corrected chi connectivity index (χ1v) is 4.64. The van der Waals surface area contributed by atoms with Crippen molar-refractivity contribution >= 4 is 24.0 Å². The first-order chi connectivity index (χ1) is 5.77. The summed E-state index contributed by atoms with van der Waals surface area (Å²) < 4.78 is 0. The number of nitrogens with one attached hydrogen (secondary N) is 1. The highest BCUT2D eigenvalue weighted by Gasteiger charge is 2.19. The molecule has 1 N–H and O–H groups in total. The molecule has 0 aromatic heterocycles. The second kappa shape index (κ2) is 4.32. The minimum Gasteiger partial charge on any atom is -0.310 e. The van der Waals surface area contributed by atoms with Gasteiger partial charge in [0, 0.05) is 11.1 Å². The van der Waals surface area contributed by atoms with Crippen LogP contribution in [0.1, 0.15) is 23.6 Å². The quantitative estimate of drug-likeness (QED) is 0.763. The highest BCUT2D eigenvalue weighted by atomic mass is 35.5. The van der Waals surface area contributed by atoms with Crippen LogP contribution in [0, 0.1) is 6.92 Å². The number of aryl methyl sites for hydroxylation is 1. The topological polar surface area (TPSA) is 12.0 Å². The fourth-order valence-corrected chi connectivity index (χ4v) is 1.81. The standard InChI is InChI=1S/C10H12ClN.ClH/c1-7-6-8(11)2-3-9(7)10-4-5-12-10;/h2-3,6,10,12H,4-5H2,1H3;1H/t10-;/m0./s1. The molecule has 1 nitrogen and oxygen atoms in total. The number of hydrogen-bond acceptors (Lipinski definition) is 1. The predicted molar refractivity (Wildman–Crippen MR) is 58.8 cm³/mol. The van der Waals surface area contributed by atoms with Gasteiger partial charge in [-0.2, -0.15) is 0 Å². The normalized spacial score (nSPS) is 20.3. The van der Waals surface area contributed by atoms with Crippen molar-refractivity contribution in [2.75, 3.05) is 6.54 Å². The Kier molecular flexibility index (Phi) is 3.60. The lowest BCUT2D eigenvalue weighted by atomic mass is 9.94. The number of hydrogen-bond donors (Lipinski definition) is 1. The fraction of sp³-hybridized carbons (Fsp3) is 0.400. The lowest BCUT2D eigenvalue weighted by Crippen LogP contribution is -2.35. The van der Waals surface area contributed by atoms with Crippen LogP contribution < -0.4 is 5.32 Å². The fourth-order valence-electron chi connectivity index (χ4n) is 1.58. The van der Waals surface area contributed by atoms with Gasteiger partial charge in [0.05, 0.1) is 0 Å². The number of rotatable bonds is 1. The van der Waals surface area contributed by atoms with E-state index in [4.69, 9.17) is 11.6 Å². The minimum atomic E-state index is 0. The Morgan fingerprint density at radius 3 is 2.62 bits per heavy atom. The summed E-state index contributed by atoms with van der Waals surface area (Å²) in [7, 11) is 0. The van der Waals surface area contributed by atoms with Crippen molar-refractivity contribution < 1.29 is 0 Å². The molecule has 1 aliphatic rings. The molecule has 0 bridgehead atoms. The van der Waals surface area contributed by atoms with Crippen LogP contribution in [0.4, 0.5) is 0 Å². The lowest BCUT2D eigenvalue weighted by Gasteiger charge is -2.29. The number of halogens is 2. The van der Waals surface area contributed by atoms with Gasteiger partial charge in [-0.05, 0) is 43.1 Å². The van der Waals surface area contributed by atoms with Crippen LogP contribution >= 0.6 is 24.0 Å². The molecule has 1 aliphatic heterocycles. The molecule has 0 spiro atoms. The van der Waals surface area contributed by atoms with Crippen LogP contribution in [0.2, 0.25) is 5.02 Å². The van der Waals surface area contributed by atoms with E-state index in [0.717, 1.165) is 11.6 Å². The van der Waals surface area contributed by atoms with Crippen LogP contribution in [0.15, 0.2) is 18.2 Å². The highest BCUT2D eigenvalue weighted by Crippen LogP contribution is 2.27. The molecule has 0 unspecified atom stereocenters. The molecule has 1 saturated heterocycles. The molecule has 1 atom stereocenters. The molecule has 1 aromatic rings. The summed E-state index contributed by atoms with van der Waals surface area (Å²) >= 11 is 5.86. The average molecular weight is 218 g/mol. The van der Waals surface area contributed by atoms with Crippen molar-refractivity contribution in [3.63, 3.8) is 0 Å². The third-order valence-electron chi connectivity index (χ3n) is 2.43. The van der Waals surface area contributed by atoms with Gasteiger partial charge in [-0.3, -0.25) is 0 Å². The summed E-state index contributed by atoms with van der Waals surface area (Å²) in [6, 6.07) is 6.68. The maximum absolute atomic E-state index is 5.86. The van der Waals surface area contributed by atoms with Gasteiger partial charge in [0.15, 0.2) is 0 Å². The molecular formula is C10H13Cl2N. The molecule has 0 aliphatic carbocycles. The molecule has 0 radical (unpaired) electrons. The highest BCUT2D eigenvalue weighted by molar-refractivity contribution is 6.30. The van der Waals surface area contributed by atoms with E-state index in [1.807, 2.05) is 12.1 Å². The van der Waals surface area contributed by atoms with Crippen LogP contribution in [-0.4, -0.2) is 6.54 Å². The Bertz CT molecular complexity index is 295. The zero-order valence-electron chi connectivity index (χ0n) is 7.51. The van der Waals surface area contributed by atoms with Gasteiger partial charge in [0.25, 0.3) is 0 Å². The Morgan fingerprint density at radius 1 is 1.46 bits per heavy atom. The molecule has 1 heterocycles. The molecular weight excluding hydrogens is 205 g/mol. The van der Waals surface area contributed by atoms with Gasteiger partial charge in [-0.1, -0.05) is 17.7 Å². The van der Waals surface area contributed by atoms with Crippen LogP contribution in [0.5, 0.6) is 0 Å². The molecule has 2 rings (SSSR count). The van der Waals surface area contributed by atoms with E-state index in [9.17, 15) is 0 Å². The zero-order chi connectivity index (χ0) is 8.55. The van der Waals surface area contributed by atoms with E-state index >= 15 is 0 Å². The van der Waals surface area contributed by atoms with Crippen molar-refractivity contribution in [2.24, 2.45) is 0 Å². The second-order valence-electron chi connectivity index (χ2n) is 3.30. The average Bonchev–Trinajstić information content (AvgIpc) is 1.91. The summed E-state index contributed by atoms with van der Waals surface area (Å²) in [5.41, 5.74) is 2.69. The maximum atomic E-state index is 5.86. The monoisotopic (exact) mass is 217 g/mol. The summed E-state index contributed by atoms with van der Waals surface area (Å²) in [6.45, 7) is 3.26. The Balaban J connectivity index is 0.000000845. The molecule has 1 fully saturated rings. The lowest BCUT2D eigenvalue weighted by molar-refractivity contribution is 0.382. The Hall–Kier alpha value is -0.240. The summed E-state index contributed by atoms with van der Waals surface area (Å²) in [5, 5.41) is 4.21. The summed E-state index contributed by atoms with van der Waals surface area (Å²) in [4.78, 5) is 0. The van der Waals surface area contributed by atoms with Gasteiger partial charge in [0.2, 0.25) is 0 Å². The van der Waals surface area contributed by atoms with Gasteiger partial charge in [-0.15, -0.1) is 12.4 Å². The van der Waals surface area contributed by atoms with Crippen LogP contribution in [0.25, 0.3) is 0 Å². The van der Waals surface area contributed by atoms with E-state index in [0.29, 0.717) is 6.04 Å². The first kappa shape index (κ1) is 10.8. The van der Waals surface area contributed by atoms with Crippen LogP contribution in [0.3, 0.4) is 0 Å². The third-order valence-corrected chi connectivity index (χ3v) is 2.67. The SMILES string of the molecule is Cc1cc(Cl)ccc1[C@@H]1CCN1.Cl. The molecule has 0 saturated carbocycles. The van der Waals surface area contributed by atoms with Crippen molar-refractivity contribution in [2.45, 2.75) is 19.4 Å². The largest absolute Gasteiger partial charge is 0.310 e. The Morgan fingerprint density at radius 2 is 2.15 bits per heavy atom. The zero-order valence-corrected chi connectivity index (χ0v) is 9.08. The summed E-state index contributed by atoms with van der Waals surface area (Å²) in [5.74, 6) is 0. The van der Waals surface area contributed by atoms with Crippen molar-refractivity contribution in [1.82, 2.24) is 5.32 Å². The van der Waals surface area contributed by atoms with Gasteiger partial charge >= 0.3 is 0 Å². The molecule has 13 heavy (non-hydrogen) atoms. The van der Waals surface area contributed by atoms with Gasteiger partial charge in [0.1, 0.15) is 0 Å². The third kappa shape index (κ3) is 2.16. The van der Waals surface area contributed by atoms with Crippen molar-refractivity contribution in [1.29, 1.82) is 0 Å². The molecule has 1 aromatic carbocycles. The van der Waals surface area contributed by atoms with Gasteiger partial charge in [-0.25, -0.2) is 0 Å². The van der Waals surface area contributed by atoms with Crippen molar-refractivity contribution in [3.8, 4) is 0 Å². The van der Waals surface area contributed by atoms with Crippen LogP contribution in [-0.2, 0) is 0 Å². The maximum Gasteiger partial charge on any atom is 0.0408 e. The van der Waals surface area contributed by atoms with E-state index in [2.05, 4.69) is 18.3 Å². The second-order valence-corrected chi connectivity index (χ2v) is 3.73. The summed E-state index contributed by atoms with van der Waals surface area (Å²) in [6.07, 6.45) is 1.25. The molecule has 0 amide bonds. The number of benzene rings is 1. The Labute approximate surface area is 89.9 Å². The van der Waals surface area contributed by atoms with E-state index < -0.39 is 0 Å².